The Labute approximate surface area is 113 Å². The predicted molar refractivity (Wildman–Crippen MR) is 78.6 cm³/mol. The molecule has 4 nitrogen and oxygen atoms in total. The molecule has 102 valence electrons. The number of hydrogen-bond donors (Lipinski definition) is 2. The van der Waals surface area contributed by atoms with Gasteiger partial charge in [-0.2, -0.15) is 0 Å². The van der Waals surface area contributed by atoms with Crippen LogP contribution in [0.3, 0.4) is 0 Å². The predicted octanol–water partition coefficient (Wildman–Crippen LogP) is 1.97. The number of aryl methyl sites for hydroxylation is 1. The van der Waals surface area contributed by atoms with Gasteiger partial charge in [0.15, 0.2) is 0 Å². The van der Waals surface area contributed by atoms with E-state index in [0.717, 1.165) is 32.7 Å². The molecule has 1 aromatic carbocycles. The van der Waals surface area contributed by atoms with E-state index in [1.165, 1.54) is 16.6 Å². The van der Waals surface area contributed by atoms with E-state index >= 15 is 0 Å². The van der Waals surface area contributed by atoms with Crippen molar-refractivity contribution < 1.29 is 4.74 Å². The average Bonchev–Trinajstić information content (AvgIpc) is 2.78. The summed E-state index contributed by atoms with van der Waals surface area (Å²) in [5.74, 6) is 0. The van der Waals surface area contributed by atoms with E-state index in [0.29, 0.717) is 6.10 Å². The van der Waals surface area contributed by atoms with Crippen LogP contribution in [0.4, 0.5) is 5.69 Å². The molecule has 19 heavy (non-hydrogen) atoms. The highest BCUT2D eigenvalue weighted by molar-refractivity contribution is 5.92. The monoisotopic (exact) mass is 259 g/mol. The van der Waals surface area contributed by atoms with Gasteiger partial charge in [-0.25, -0.2) is 0 Å². The topological polar surface area (TPSA) is 38.2 Å². The van der Waals surface area contributed by atoms with E-state index in [4.69, 9.17) is 4.74 Å². The second-order valence-corrected chi connectivity index (χ2v) is 5.08. The molecule has 1 atom stereocenters. The van der Waals surface area contributed by atoms with Crippen molar-refractivity contribution in [3.63, 3.8) is 0 Å². The van der Waals surface area contributed by atoms with Gasteiger partial charge >= 0.3 is 0 Å². The standard InChI is InChI=1S/C15H21N3O/c1-18-11-14(13-4-2-3-5-15(13)18)17-7-6-12-10-16-8-9-19-12/h2-5,11-12,16-17H,6-10H2,1H3. The summed E-state index contributed by atoms with van der Waals surface area (Å²) in [6.07, 6.45) is 3.54. The van der Waals surface area contributed by atoms with E-state index in [1.807, 2.05) is 0 Å². The number of ether oxygens (including phenoxy) is 1. The third-order valence-corrected chi connectivity index (χ3v) is 3.68. The average molecular weight is 259 g/mol. The highest BCUT2D eigenvalue weighted by Crippen LogP contribution is 2.24. The number of rotatable bonds is 4. The summed E-state index contributed by atoms with van der Waals surface area (Å²) in [6, 6.07) is 8.47. The van der Waals surface area contributed by atoms with Crippen LogP contribution in [0.25, 0.3) is 10.9 Å². The molecule has 0 amide bonds. The number of nitrogens with zero attached hydrogens (tertiary/aromatic N) is 1. The lowest BCUT2D eigenvalue weighted by atomic mass is 10.2. The van der Waals surface area contributed by atoms with E-state index in [9.17, 15) is 0 Å². The van der Waals surface area contributed by atoms with Gasteiger partial charge in [0.1, 0.15) is 0 Å². The summed E-state index contributed by atoms with van der Waals surface area (Å²) in [6.45, 7) is 3.73. The van der Waals surface area contributed by atoms with Crippen molar-refractivity contribution in [2.24, 2.45) is 7.05 Å². The first-order valence-electron chi connectivity index (χ1n) is 6.95. The lowest BCUT2D eigenvalue weighted by Gasteiger charge is -2.23. The smallest absolute Gasteiger partial charge is 0.0716 e. The van der Waals surface area contributed by atoms with Gasteiger partial charge in [-0.15, -0.1) is 0 Å². The second kappa shape index (κ2) is 5.63. The quantitative estimate of drug-likeness (QED) is 0.881. The van der Waals surface area contributed by atoms with Crippen molar-refractivity contribution in [3.05, 3.63) is 30.5 Å². The molecule has 1 aliphatic heterocycles. The van der Waals surface area contributed by atoms with Crippen LogP contribution in [0.2, 0.25) is 0 Å². The van der Waals surface area contributed by atoms with E-state index in [1.54, 1.807) is 0 Å². The molecule has 1 unspecified atom stereocenters. The molecule has 1 saturated heterocycles. The maximum atomic E-state index is 5.70. The molecule has 0 aliphatic carbocycles. The van der Waals surface area contributed by atoms with Crippen molar-refractivity contribution in [3.8, 4) is 0 Å². The first-order chi connectivity index (χ1) is 9.34. The fourth-order valence-corrected chi connectivity index (χ4v) is 2.66. The minimum Gasteiger partial charge on any atom is -0.383 e. The summed E-state index contributed by atoms with van der Waals surface area (Å²) >= 11 is 0. The first-order valence-corrected chi connectivity index (χ1v) is 6.95. The maximum Gasteiger partial charge on any atom is 0.0716 e. The fraction of sp³-hybridized carbons (Fsp3) is 0.467. The number of aromatic nitrogens is 1. The minimum absolute atomic E-state index is 0.344. The number of benzene rings is 1. The summed E-state index contributed by atoms with van der Waals surface area (Å²) in [4.78, 5) is 0. The van der Waals surface area contributed by atoms with Gasteiger partial charge < -0.3 is 19.9 Å². The number of morpholine rings is 1. The largest absolute Gasteiger partial charge is 0.383 e. The molecule has 0 bridgehead atoms. The van der Waals surface area contributed by atoms with Gasteiger partial charge in [-0.3, -0.25) is 0 Å². The van der Waals surface area contributed by atoms with Crippen LogP contribution in [-0.4, -0.2) is 36.9 Å². The van der Waals surface area contributed by atoms with E-state index in [2.05, 4.69) is 52.7 Å². The molecule has 2 N–H and O–H groups in total. The zero-order valence-corrected chi connectivity index (χ0v) is 11.4. The first kappa shape index (κ1) is 12.5. The van der Waals surface area contributed by atoms with Crippen LogP contribution >= 0.6 is 0 Å². The van der Waals surface area contributed by atoms with Crippen LogP contribution in [0.1, 0.15) is 6.42 Å². The number of para-hydroxylation sites is 1. The van der Waals surface area contributed by atoms with Gasteiger partial charge in [0.25, 0.3) is 0 Å². The summed E-state index contributed by atoms with van der Waals surface area (Å²) in [5.41, 5.74) is 2.47. The third-order valence-electron chi connectivity index (χ3n) is 3.68. The van der Waals surface area contributed by atoms with Crippen molar-refractivity contribution >= 4 is 16.6 Å². The number of hydrogen-bond acceptors (Lipinski definition) is 3. The Morgan fingerprint density at radius 1 is 1.42 bits per heavy atom. The van der Waals surface area contributed by atoms with Crippen LogP contribution < -0.4 is 10.6 Å². The Hall–Kier alpha value is -1.52. The lowest BCUT2D eigenvalue weighted by molar-refractivity contribution is 0.0258. The summed E-state index contributed by atoms with van der Waals surface area (Å²) in [5, 5.41) is 8.17. The van der Waals surface area contributed by atoms with Crippen LogP contribution in [-0.2, 0) is 11.8 Å². The van der Waals surface area contributed by atoms with Gasteiger partial charge in [-0.1, -0.05) is 18.2 Å². The van der Waals surface area contributed by atoms with Crippen molar-refractivity contribution in [1.82, 2.24) is 9.88 Å². The molecule has 1 aromatic heterocycles. The Kier molecular flexibility index (Phi) is 3.71. The molecule has 0 saturated carbocycles. The third kappa shape index (κ3) is 2.74. The van der Waals surface area contributed by atoms with Crippen LogP contribution in [0.5, 0.6) is 0 Å². The molecule has 0 spiro atoms. The molecular weight excluding hydrogens is 238 g/mol. The zero-order chi connectivity index (χ0) is 13.1. The number of fused-ring (bicyclic) bond motifs is 1. The van der Waals surface area contributed by atoms with Crippen molar-refractivity contribution in [2.75, 3.05) is 31.6 Å². The molecule has 0 radical (unpaired) electrons. The minimum atomic E-state index is 0.344. The highest BCUT2D eigenvalue weighted by atomic mass is 16.5. The van der Waals surface area contributed by atoms with Gasteiger partial charge in [0.2, 0.25) is 0 Å². The zero-order valence-electron chi connectivity index (χ0n) is 11.4. The van der Waals surface area contributed by atoms with E-state index in [-0.39, 0.29) is 0 Å². The van der Waals surface area contributed by atoms with Crippen LogP contribution in [0.15, 0.2) is 30.5 Å². The molecule has 2 heterocycles. The molecular formula is C15H21N3O. The van der Waals surface area contributed by atoms with Gasteiger partial charge in [0, 0.05) is 43.8 Å². The summed E-state index contributed by atoms with van der Waals surface area (Å²) in [7, 11) is 2.08. The van der Waals surface area contributed by atoms with Crippen LogP contribution in [0, 0.1) is 0 Å². The molecule has 1 fully saturated rings. The second-order valence-electron chi connectivity index (χ2n) is 5.08. The Morgan fingerprint density at radius 2 is 2.32 bits per heavy atom. The van der Waals surface area contributed by atoms with Crippen molar-refractivity contribution in [1.29, 1.82) is 0 Å². The number of nitrogens with one attached hydrogen (secondary N) is 2. The summed E-state index contributed by atoms with van der Waals surface area (Å²) < 4.78 is 7.86. The van der Waals surface area contributed by atoms with Gasteiger partial charge in [-0.05, 0) is 12.5 Å². The van der Waals surface area contributed by atoms with E-state index < -0.39 is 0 Å². The Morgan fingerprint density at radius 3 is 3.16 bits per heavy atom. The molecule has 3 rings (SSSR count). The molecule has 1 aliphatic rings. The maximum absolute atomic E-state index is 5.70. The fourth-order valence-electron chi connectivity index (χ4n) is 2.66. The molecule has 4 heteroatoms. The Bertz CT molecular complexity index is 543. The normalized spacial score (nSPS) is 19.7. The van der Waals surface area contributed by atoms with Crippen molar-refractivity contribution in [2.45, 2.75) is 12.5 Å². The molecule has 2 aromatic rings. The number of anilines is 1. The SMILES string of the molecule is Cn1cc(NCCC2CNCCO2)c2ccccc21. The highest BCUT2D eigenvalue weighted by Gasteiger charge is 2.13. The van der Waals surface area contributed by atoms with Gasteiger partial charge in [0.05, 0.1) is 18.4 Å². The Balaban J connectivity index is 1.62. The lowest BCUT2D eigenvalue weighted by Crippen LogP contribution is -2.39.